The molecular weight excluding hydrogens is 328 g/mol. The van der Waals surface area contributed by atoms with Gasteiger partial charge in [0.1, 0.15) is 11.1 Å². The van der Waals surface area contributed by atoms with Crippen LogP contribution in [0.1, 0.15) is 11.4 Å². The van der Waals surface area contributed by atoms with Gasteiger partial charge in [-0.25, -0.2) is 4.98 Å². The van der Waals surface area contributed by atoms with E-state index >= 15 is 0 Å². The first kappa shape index (κ1) is 15.7. The lowest BCUT2D eigenvalue weighted by molar-refractivity contribution is -0.384. The van der Waals surface area contributed by atoms with Gasteiger partial charge >= 0.3 is 0 Å². The number of fused-ring (bicyclic) bond motifs is 1. The van der Waals surface area contributed by atoms with Crippen LogP contribution in [0.4, 0.5) is 5.69 Å². The molecule has 0 N–H and O–H groups in total. The Labute approximate surface area is 142 Å². The van der Waals surface area contributed by atoms with E-state index < -0.39 is 4.92 Å². The van der Waals surface area contributed by atoms with Crippen LogP contribution in [-0.2, 0) is 7.05 Å². The van der Waals surface area contributed by atoms with Crippen molar-refractivity contribution >= 4 is 40.0 Å². The molecule has 1 aromatic heterocycles. The van der Waals surface area contributed by atoms with Crippen molar-refractivity contribution in [2.45, 2.75) is 0 Å². The lowest BCUT2D eigenvalue weighted by Crippen LogP contribution is -1.96. The summed E-state index contributed by atoms with van der Waals surface area (Å²) in [6.45, 7) is 0. The van der Waals surface area contributed by atoms with Crippen LogP contribution < -0.4 is 0 Å². The SMILES string of the molecule is Cn1c(/C(C#N)=C/c2ccc(Cl)c([N+](=O)[O-])c2)nc2ccccc21. The standard InChI is InChI=1S/C17H11ClN4O2/c1-21-15-5-3-2-4-14(15)20-17(21)12(10-19)8-11-6-7-13(18)16(9-11)22(23)24/h2-9H,1H3/b12-8+. The summed E-state index contributed by atoms with van der Waals surface area (Å²) in [5.74, 6) is 0.497. The number of hydrogen-bond acceptors (Lipinski definition) is 4. The molecule has 0 fully saturated rings. The summed E-state index contributed by atoms with van der Waals surface area (Å²) in [4.78, 5) is 14.9. The van der Waals surface area contributed by atoms with E-state index in [9.17, 15) is 15.4 Å². The van der Waals surface area contributed by atoms with Crippen molar-refractivity contribution < 1.29 is 4.92 Å². The van der Waals surface area contributed by atoms with Gasteiger partial charge < -0.3 is 4.57 Å². The molecule has 3 rings (SSSR count). The van der Waals surface area contributed by atoms with Crippen molar-refractivity contribution in [1.29, 1.82) is 5.26 Å². The summed E-state index contributed by atoms with van der Waals surface area (Å²) >= 11 is 5.81. The number of nitro groups is 1. The Morgan fingerprint density at radius 2 is 2.12 bits per heavy atom. The molecule has 0 aliphatic rings. The molecule has 0 unspecified atom stereocenters. The molecule has 0 radical (unpaired) electrons. The molecule has 0 aliphatic carbocycles. The van der Waals surface area contributed by atoms with Gasteiger partial charge in [0.05, 0.1) is 21.5 Å². The van der Waals surface area contributed by atoms with Crippen molar-refractivity contribution in [1.82, 2.24) is 9.55 Å². The predicted molar refractivity (Wildman–Crippen MR) is 92.3 cm³/mol. The average molecular weight is 339 g/mol. The minimum absolute atomic E-state index is 0.0541. The van der Waals surface area contributed by atoms with Gasteiger partial charge in [0.2, 0.25) is 0 Å². The number of allylic oxidation sites excluding steroid dienone is 1. The molecule has 2 aromatic carbocycles. The van der Waals surface area contributed by atoms with Gasteiger partial charge in [-0.1, -0.05) is 29.8 Å². The summed E-state index contributed by atoms with van der Waals surface area (Å²) in [6, 6.07) is 14.0. The first-order chi connectivity index (χ1) is 11.5. The van der Waals surface area contributed by atoms with E-state index in [0.717, 1.165) is 11.0 Å². The Hall–Kier alpha value is -3.17. The summed E-state index contributed by atoms with van der Waals surface area (Å²) in [5.41, 5.74) is 2.29. The fourth-order valence-corrected chi connectivity index (χ4v) is 2.65. The zero-order valence-corrected chi connectivity index (χ0v) is 13.4. The largest absolute Gasteiger partial charge is 0.327 e. The van der Waals surface area contributed by atoms with E-state index in [2.05, 4.69) is 11.1 Å². The van der Waals surface area contributed by atoms with Crippen LogP contribution in [0.25, 0.3) is 22.7 Å². The summed E-state index contributed by atoms with van der Waals surface area (Å²) < 4.78 is 1.81. The number of aryl methyl sites for hydroxylation is 1. The second kappa shape index (κ2) is 6.14. The molecule has 1 heterocycles. The summed E-state index contributed by atoms with van der Waals surface area (Å²) in [6.07, 6.45) is 1.56. The maximum atomic E-state index is 11.0. The van der Waals surface area contributed by atoms with E-state index in [1.165, 1.54) is 12.1 Å². The van der Waals surface area contributed by atoms with E-state index in [0.29, 0.717) is 17.0 Å². The molecule has 6 nitrogen and oxygen atoms in total. The molecule has 24 heavy (non-hydrogen) atoms. The number of nitro benzene ring substituents is 1. The van der Waals surface area contributed by atoms with E-state index in [1.54, 1.807) is 12.1 Å². The van der Waals surface area contributed by atoms with E-state index in [1.807, 2.05) is 35.9 Å². The van der Waals surface area contributed by atoms with Gasteiger partial charge in [0.15, 0.2) is 5.82 Å². The van der Waals surface area contributed by atoms with Crippen molar-refractivity contribution in [3.05, 3.63) is 69.0 Å². The summed E-state index contributed by atoms with van der Waals surface area (Å²) in [7, 11) is 1.82. The molecule has 118 valence electrons. The van der Waals surface area contributed by atoms with Crippen LogP contribution in [0.2, 0.25) is 5.02 Å². The monoisotopic (exact) mass is 338 g/mol. The lowest BCUT2D eigenvalue weighted by atomic mass is 10.1. The predicted octanol–water partition coefficient (Wildman–Crippen LogP) is 4.20. The molecule has 7 heteroatoms. The molecule has 0 spiro atoms. The van der Waals surface area contributed by atoms with Crippen LogP contribution in [-0.4, -0.2) is 14.5 Å². The van der Waals surface area contributed by atoms with Crippen molar-refractivity contribution in [2.75, 3.05) is 0 Å². The highest BCUT2D eigenvalue weighted by Crippen LogP contribution is 2.28. The Morgan fingerprint density at radius 3 is 2.79 bits per heavy atom. The Morgan fingerprint density at radius 1 is 1.38 bits per heavy atom. The van der Waals surface area contributed by atoms with E-state index in [-0.39, 0.29) is 10.7 Å². The smallest absolute Gasteiger partial charge is 0.288 e. The van der Waals surface area contributed by atoms with Crippen molar-refractivity contribution in [3.63, 3.8) is 0 Å². The number of benzene rings is 2. The first-order valence-corrected chi connectivity index (χ1v) is 7.36. The zero-order valence-electron chi connectivity index (χ0n) is 12.6. The van der Waals surface area contributed by atoms with Gasteiger partial charge in [-0.3, -0.25) is 10.1 Å². The second-order valence-corrected chi connectivity index (χ2v) is 5.53. The number of hydrogen-bond donors (Lipinski definition) is 0. The van der Waals surface area contributed by atoms with Crippen molar-refractivity contribution in [2.24, 2.45) is 7.05 Å². The molecule has 0 saturated carbocycles. The fraction of sp³-hybridized carbons (Fsp3) is 0.0588. The highest BCUT2D eigenvalue weighted by atomic mass is 35.5. The number of nitriles is 1. The molecule has 0 bridgehead atoms. The van der Waals surface area contributed by atoms with Gasteiger partial charge in [-0.2, -0.15) is 5.26 Å². The molecule has 0 aliphatic heterocycles. The Balaban J connectivity index is 2.13. The fourth-order valence-electron chi connectivity index (χ4n) is 2.46. The molecule has 3 aromatic rings. The highest BCUT2D eigenvalue weighted by molar-refractivity contribution is 6.32. The van der Waals surface area contributed by atoms with Crippen LogP contribution in [0, 0.1) is 21.4 Å². The average Bonchev–Trinajstić information content (AvgIpc) is 2.91. The number of nitrogens with zero attached hydrogens (tertiary/aromatic N) is 4. The zero-order chi connectivity index (χ0) is 17.3. The topological polar surface area (TPSA) is 84.8 Å². The van der Waals surface area contributed by atoms with E-state index in [4.69, 9.17) is 11.6 Å². The maximum Gasteiger partial charge on any atom is 0.288 e. The molecule has 0 saturated heterocycles. The highest BCUT2D eigenvalue weighted by Gasteiger charge is 2.15. The van der Waals surface area contributed by atoms with Gasteiger partial charge in [0, 0.05) is 13.1 Å². The van der Waals surface area contributed by atoms with Crippen LogP contribution in [0.3, 0.4) is 0 Å². The number of imidazole rings is 1. The van der Waals surface area contributed by atoms with Crippen LogP contribution in [0.15, 0.2) is 42.5 Å². The maximum absolute atomic E-state index is 11.0. The Kier molecular flexibility index (Phi) is 4.02. The molecule has 0 amide bonds. The number of rotatable bonds is 3. The van der Waals surface area contributed by atoms with Gasteiger partial charge in [0.25, 0.3) is 5.69 Å². The molecular formula is C17H11ClN4O2. The number of para-hydroxylation sites is 2. The van der Waals surface area contributed by atoms with Crippen molar-refractivity contribution in [3.8, 4) is 6.07 Å². The third-order valence-electron chi connectivity index (χ3n) is 3.63. The number of aromatic nitrogens is 2. The lowest BCUT2D eigenvalue weighted by Gasteiger charge is -2.02. The van der Waals surface area contributed by atoms with Gasteiger partial charge in [-0.05, 0) is 29.8 Å². The normalized spacial score (nSPS) is 11.5. The minimum atomic E-state index is -0.555. The minimum Gasteiger partial charge on any atom is -0.327 e. The third-order valence-corrected chi connectivity index (χ3v) is 3.95. The third kappa shape index (κ3) is 2.73. The summed E-state index contributed by atoms with van der Waals surface area (Å²) in [5, 5.41) is 20.5. The van der Waals surface area contributed by atoms with Crippen LogP contribution in [0.5, 0.6) is 0 Å². The Bertz CT molecular complexity index is 1030. The quantitative estimate of drug-likeness (QED) is 0.407. The van der Waals surface area contributed by atoms with Crippen LogP contribution >= 0.6 is 11.6 Å². The first-order valence-electron chi connectivity index (χ1n) is 6.99. The molecule has 0 atom stereocenters. The van der Waals surface area contributed by atoms with Gasteiger partial charge in [-0.15, -0.1) is 0 Å². The number of halogens is 1. The second-order valence-electron chi connectivity index (χ2n) is 5.12.